The summed E-state index contributed by atoms with van der Waals surface area (Å²) in [6.45, 7) is 0. The van der Waals surface area contributed by atoms with E-state index < -0.39 is 0 Å². The topological polar surface area (TPSA) is 78.7 Å². The molecule has 0 atom stereocenters. The molecule has 18 heavy (non-hydrogen) atoms. The molecule has 0 saturated heterocycles. The zero-order chi connectivity index (χ0) is 12.7. The van der Waals surface area contributed by atoms with Crippen LogP contribution in [0.4, 0.5) is 0 Å². The van der Waals surface area contributed by atoms with Crippen molar-refractivity contribution in [2.45, 2.75) is 18.9 Å². The van der Waals surface area contributed by atoms with Crippen LogP contribution < -0.4 is 11.3 Å². The Labute approximate surface area is 108 Å². The summed E-state index contributed by atoms with van der Waals surface area (Å²) >= 11 is 4.90. The van der Waals surface area contributed by atoms with Gasteiger partial charge in [0, 0.05) is 30.8 Å². The summed E-state index contributed by atoms with van der Waals surface area (Å²) in [4.78, 5) is 20.6. The van der Waals surface area contributed by atoms with Crippen LogP contribution in [0.1, 0.15) is 24.7 Å². The molecule has 0 radical (unpaired) electrons. The van der Waals surface area contributed by atoms with Crippen LogP contribution in [0.15, 0.2) is 29.6 Å². The van der Waals surface area contributed by atoms with Gasteiger partial charge in [-0.3, -0.25) is 9.36 Å². The van der Waals surface area contributed by atoms with Crippen LogP contribution in [0.2, 0.25) is 0 Å². The minimum Gasteiger partial charge on any atom is -0.387 e. The van der Waals surface area contributed by atoms with Gasteiger partial charge in [-0.15, -0.1) is 0 Å². The second-order valence-corrected chi connectivity index (χ2v) is 4.62. The lowest BCUT2D eigenvalue weighted by Gasteiger charge is -2.08. The fraction of sp³-hybridized carbons (Fsp3) is 0.273. The predicted molar refractivity (Wildman–Crippen MR) is 69.8 cm³/mol. The number of imidazole rings is 1. The molecule has 92 valence electrons. The van der Waals surface area contributed by atoms with E-state index >= 15 is 0 Å². The van der Waals surface area contributed by atoms with Crippen LogP contribution in [0.25, 0.3) is 5.82 Å². The van der Waals surface area contributed by atoms with Crippen LogP contribution in [0.3, 0.4) is 0 Å². The van der Waals surface area contributed by atoms with Gasteiger partial charge in [-0.05, 0) is 12.8 Å². The maximum atomic E-state index is 12.3. The molecule has 2 aromatic heterocycles. The number of nitrogens with two attached hydrogens (primary N) is 1. The molecule has 0 amide bonds. The molecule has 3 rings (SSSR count). The predicted octanol–water partition coefficient (Wildman–Crippen LogP) is 0.398. The Hall–Kier alpha value is -2.02. The zero-order valence-corrected chi connectivity index (χ0v) is 10.3. The first-order valence-electron chi connectivity index (χ1n) is 5.59. The first-order chi connectivity index (χ1) is 8.68. The van der Waals surface area contributed by atoms with Gasteiger partial charge in [-0.2, -0.15) is 0 Å². The number of rotatable bonds is 3. The lowest BCUT2D eigenvalue weighted by molar-refractivity contribution is 0.687. The molecule has 2 aromatic rings. The van der Waals surface area contributed by atoms with Crippen LogP contribution >= 0.6 is 12.2 Å². The normalized spacial score (nSPS) is 14.7. The monoisotopic (exact) mass is 261 g/mol. The maximum Gasteiger partial charge on any atom is 0.294 e. The first-order valence-corrected chi connectivity index (χ1v) is 6.00. The van der Waals surface area contributed by atoms with Crippen molar-refractivity contribution in [2.75, 3.05) is 0 Å². The Morgan fingerprint density at radius 3 is 2.72 bits per heavy atom. The first kappa shape index (κ1) is 11.1. The smallest absolute Gasteiger partial charge is 0.294 e. The van der Waals surface area contributed by atoms with Crippen molar-refractivity contribution in [1.29, 1.82) is 0 Å². The third-order valence-electron chi connectivity index (χ3n) is 2.88. The lowest BCUT2D eigenvalue weighted by atomic mass is 10.5. The van der Waals surface area contributed by atoms with Crippen LogP contribution in [-0.4, -0.2) is 24.1 Å². The van der Waals surface area contributed by atoms with Gasteiger partial charge in [-0.25, -0.2) is 9.97 Å². The van der Waals surface area contributed by atoms with E-state index in [1.165, 1.54) is 4.57 Å². The Morgan fingerprint density at radius 1 is 1.33 bits per heavy atom. The second-order valence-electron chi connectivity index (χ2n) is 4.18. The van der Waals surface area contributed by atoms with Crippen molar-refractivity contribution >= 4 is 17.2 Å². The van der Waals surface area contributed by atoms with Crippen molar-refractivity contribution in [3.8, 4) is 5.82 Å². The Morgan fingerprint density at radius 2 is 2.06 bits per heavy atom. The Balaban J connectivity index is 2.17. The number of thiocarbonyl (C=S) groups is 1. The number of aromatic nitrogens is 4. The molecule has 0 spiro atoms. The summed E-state index contributed by atoms with van der Waals surface area (Å²) in [6, 6.07) is 0.302. The Bertz CT molecular complexity index is 670. The minimum atomic E-state index is -0.143. The summed E-state index contributed by atoms with van der Waals surface area (Å²) in [5, 5.41) is 0. The molecule has 2 heterocycles. The minimum absolute atomic E-state index is 0.142. The third-order valence-corrected chi connectivity index (χ3v) is 3.06. The lowest BCUT2D eigenvalue weighted by Crippen LogP contribution is -2.27. The number of hydrogen-bond acceptors (Lipinski definition) is 4. The molecule has 1 aliphatic carbocycles. The number of hydrogen-bond donors (Lipinski definition) is 1. The van der Waals surface area contributed by atoms with Crippen LogP contribution in [0.5, 0.6) is 0 Å². The van der Waals surface area contributed by atoms with Crippen LogP contribution in [-0.2, 0) is 0 Å². The van der Waals surface area contributed by atoms with Gasteiger partial charge in [0.15, 0.2) is 5.82 Å². The zero-order valence-electron chi connectivity index (χ0n) is 9.48. The molecule has 1 saturated carbocycles. The largest absolute Gasteiger partial charge is 0.387 e. The molecular formula is C11H11N5OS. The highest BCUT2D eigenvalue weighted by atomic mass is 32.1. The van der Waals surface area contributed by atoms with Crippen molar-refractivity contribution in [3.63, 3.8) is 0 Å². The van der Waals surface area contributed by atoms with E-state index in [1.807, 2.05) is 0 Å². The molecule has 0 aromatic carbocycles. The van der Waals surface area contributed by atoms with Gasteiger partial charge in [0.2, 0.25) is 5.82 Å². The SMILES string of the molecule is NC(=S)c1nccn1-c1nccn(C2CC2)c1=O. The average molecular weight is 261 g/mol. The van der Waals surface area contributed by atoms with E-state index in [1.54, 1.807) is 29.4 Å². The van der Waals surface area contributed by atoms with E-state index in [2.05, 4.69) is 9.97 Å². The quantitative estimate of drug-likeness (QED) is 0.809. The van der Waals surface area contributed by atoms with Gasteiger partial charge in [0.05, 0.1) is 0 Å². The van der Waals surface area contributed by atoms with E-state index in [-0.39, 0.29) is 16.4 Å². The summed E-state index contributed by atoms with van der Waals surface area (Å²) in [6.07, 6.45) is 8.57. The molecule has 6 nitrogen and oxygen atoms in total. The highest BCUT2D eigenvalue weighted by Gasteiger charge is 2.26. The van der Waals surface area contributed by atoms with Crippen LogP contribution in [0, 0.1) is 0 Å². The van der Waals surface area contributed by atoms with E-state index in [0.717, 1.165) is 12.8 Å². The average Bonchev–Trinajstić information content (AvgIpc) is 3.06. The van der Waals surface area contributed by atoms with Crippen molar-refractivity contribution in [1.82, 2.24) is 19.1 Å². The highest BCUT2D eigenvalue weighted by Crippen LogP contribution is 2.33. The molecular weight excluding hydrogens is 250 g/mol. The number of nitrogens with zero attached hydrogens (tertiary/aromatic N) is 4. The molecule has 2 N–H and O–H groups in total. The summed E-state index contributed by atoms with van der Waals surface area (Å²) < 4.78 is 3.23. The standard InChI is InChI=1S/C11H11N5OS/c12-8(18)9-13-4-6-16(9)10-11(17)15(5-3-14-10)7-1-2-7/h3-7H,1-2H2,(H2,12,18). The van der Waals surface area contributed by atoms with Gasteiger partial charge in [-0.1, -0.05) is 12.2 Å². The van der Waals surface area contributed by atoms with Crippen molar-refractivity contribution < 1.29 is 0 Å². The summed E-state index contributed by atoms with van der Waals surface area (Å²) in [5.74, 6) is 0.660. The summed E-state index contributed by atoms with van der Waals surface area (Å²) in [5.41, 5.74) is 5.43. The third kappa shape index (κ3) is 1.72. The van der Waals surface area contributed by atoms with E-state index in [4.69, 9.17) is 18.0 Å². The maximum absolute atomic E-state index is 12.3. The fourth-order valence-corrected chi connectivity index (χ4v) is 2.03. The Kier molecular flexibility index (Phi) is 2.48. The second kappa shape index (κ2) is 4.02. The molecule has 1 fully saturated rings. The van der Waals surface area contributed by atoms with Gasteiger partial charge < -0.3 is 10.3 Å². The highest BCUT2D eigenvalue weighted by molar-refractivity contribution is 7.80. The van der Waals surface area contributed by atoms with Gasteiger partial charge in [0.25, 0.3) is 5.56 Å². The molecule has 0 aliphatic heterocycles. The van der Waals surface area contributed by atoms with Crippen molar-refractivity contribution in [3.05, 3.63) is 41.0 Å². The van der Waals surface area contributed by atoms with E-state index in [9.17, 15) is 4.79 Å². The summed E-state index contributed by atoms with van der Waals surface area (Å²) in [7, 11) is 0. The molecule has 7 heteroatoms. The van der Waals surface area contributed by atoms with E-state index in [0.29, 0.717) is 11.9 Å². The molecule has 0 unspecified atom stereocenters. The molecule has 0 bridgehead atoms. The fourth-order valence-electron chi connectivity index (χ4n) is 1.88. The van der Waals surface area contributed by atoms with Gasteiger partial charge in [0.1, 0.15) is 4.99 Å². The molecule has 1 aliphatic rings. The van der Waals surface area contributed by atoms with Gasteiger partial charge >= 0.3 is 0 Å². The van der Waals surface area contributed by atoms with Crippen molar-refractivity contribution in [2.24, 2.45) is 5.73 Å².